The van der Waals surface area contributed by atoms with E-state index in [1.54, 1.807) is 31.3 Å². The average molecular weight is 462 g/mol. The topological polar surface area (TPSA) is 126 Å². The van der Waals surface area contributed by atoms with E-state index in [1.165, 1.54) is 4.68 Å². The second-order valence-corrected chi connectivity index (χ2v) is 8.14. The van der Waals surface area contributed by atoms with E-state index in [0.717, 1.165) is 17.8 Å². The van der Waals surface area contributed by atoms with Crippen LogP contribution in [0.3, 0.4) is 0 Å². The maximum absolute atomic E-state index is 12.9. The predicted molar refractivity (Wildman–Crippen MR) is 110 cm³/mol. The van der Waals surface area contributed by atoms with Gasteiger partial charge in [0.15, 0.2) is 0 Å². The molecule has 0 saturated heterocycles. The minimum atomic E-state index is -4.59. The van der Waals surface area contributed by atoms with Crippen molar-refractivity contribution in [1.29, 1.82) is 0 Å². The van der Waals surface area contributed by atoms with Crippen LogP contribution in [0.2, 0.25) is 0 Å². The fourth-order valence-electron chi connectivity index (χ4n) is 3.87. The summed E-state index contributed by atoms with van der Waals surface area (Å²) >= 11 is 0. The van der Waals surface area contributed by atoms with Crippen LogP contribution in [-0.2, 0) is 16.6 Å². The highest BCUT2D eigenvalue weighted by Crippen LogP contribution is 2.39. The Kier molecular flexibility index (Phi) is 5.78. The second kappa shape index (κ2) is 8.43. The van der Waals surface area contributed by atoms with E-state index in [9.17, 15) is 23.1 Å². The van der Waals surface area contributed by atoms with Gasteiger partial charge in [-0.2, -0.15) is 13.2 Å². The summed E-state index contributed by atoms with van der Waals surface area (Å²) in [5.74, 6) is -1.56. The van der Waals surface area contributed by atoms with Gasteiger partial charge in [-0.05, 0) is 62.4 Å². The van der Waals surface area contributed by atoms with Gasteiger partial charge >= 0.3 is 12.1 Å². The van der Waals surface area contributed by atoms with Gasteiger partial charge in [0.25, 0.3) is 0 Å². The Morgan fingerprint density at radius 3 is 2.64 bits per heavy atom. The molecule has 1 aromatic carbocycles. The molecule has 174 valence electrons. The number of hydrogen-bond donors (Lipinski definition) is 3. The van der Waals surface area contributed by atoms with Gasteiger partial charge in [-0.25, -0.2) is 14.6 Å². The predicted octanol–water partition coefficient (Wildman–Crippen LogP) is 3.59. The third-order valence-electron chi connectivity index (χ3n) is 5.66. The van der Waals surface area contributed by atoms with Gasteiger partial charge < -0.3 is 15.5 Å². The van der Waals surface area contributed by atoms with E-state index in [4.69, 9.17) is 5.11 Å². The zero-order valence-corrected chi connectivity index (χ0v) is 17.5. The molecule has 1 aliphatic rings. The number of aliphatic carboxylic acids is 1. The molecule has 0 atom stereocenters. The highest BCUT2D eigenvalue weighted by atomic mass is 19.4. The molecule has 0 radical (unpaired) electrons. The van der Waals surface area contributed by atoms with E-state index < -0.39 is 29.4 Å². The molecule has 33 heavy (non-hydrogen) atoms. The van der Waals surface area contributed by atoms with Crippen LogP contribution in [-0.4, -0.2) is 41.1 Å². The van der Waals surface area contributed by atoms with Gasteiger partial charge in [-0.3, -0.25) is 4.79 Å². The number of alkyl halides is 3. The number of hydrogen-bond acceptors (Lipinski definition) is 7. The quantitative estimate of drug-likeness (QED) is 0.525. The smallest absolute Gasteiger partial charge is 0.433 e. The van der Waals surface area contributed by atoms with E-state index in [0.29, 0.717) is 29.9 Å². The molecule has 1 fully saturated rings. The van der Waals surface area contributed by atoms with E-state index in [-0.39, 0.29) is 18.8 Å². The molecule has 0 unspecified atom stereocenters. The molecule has 2 heterocycles. The first kappa shape index (κ1) is 22.6. The summed E-state index contributed by atoms with van der Waals surface area (Å²) < 4.78 is 40.2. The molecule has 0 bridgehead atoms. The molecular weight excluding hydrogens is 441 g/mol. The van der Waals surface area contributed by atoms with Crippen molar-refractivity contribution in [2.24, 2.45) is 5.92 Å². The Morgan fingerprint density at radius 2 is 1.97 bits per heavy atom. The van der Waals surface area contributed by atoms with Crippen LogP contribution in [0.15, 0.2) is 36.7 Å². The lowest BCUT2D eigenvalue weighted by atomic mass is 9.77. The van der Waals surface area contributed by atoms with E-state index in [2.05, 4.69) is 25.6 Å². The molecule has 1 saturated carbocycles. The molecule has 9 nitrogen and oxygen atoms in total. The number of carboxylic acids is 1. The highest BCUT2D eigenvalue weighted by molar-refractivity contribution is 5.70. The third kappa shape index (κ3) is 4.95. The average Bonchev–Trinajstić information content (AvgIpc) is 3.25. The summed E-state index contributed by atoms with van der Waals surface area (Å²) in [6.07, 6.45) is -0.786. The Morgan fingerprint density at radius 1 is 1.24 bits per heavy atom. The van der Waals surface area contributed by atoms with Gasteiger partial charge in [0.2, 0.25) is 5.95 Å². The van der Waals surface area contributed by atoms with Crippen LogP contribution in [0.25, 0.3) is 5.69 Å². The van der Waals surface area contributed by atoms with Gasteiger partial charge in [0.1, 0.15) is 17.0 Å². The summed E-state index contributed by atoms with van der Waals surface area (Å²) in [4.78, 5) is 18.5. The number of benzene rings is 1. The van der Waals surface area contributed by atoms with Crippen LogP contribution in [0, 0.1) is 12.8 Å². The summed E-state index contributed by atoms with van der Waals surface area (Å²) in [5, 5.41) is 31.1. The Balaban J connectivity index is 1.56. The number of aliphatic hydroxyl groups is 1. The standard InChI is InChI=1S/C21H21F3N6O3/c1-12-8-14(26-19-25-7-4-16(27-19)21(22,23)24)10-15(9-12)30-11-17(28-29-30)20(33)5-2-13(3-6-20)18(31)32/h4,7-11,13,33H,2-3,5-6H2,1H3,(H,31,32)(H,25,26,27)/t13-,20-. The minimum Gasteiger partial charge on any atom is -0.481 e. The molecule has 0 spiro atoms. The lowest BCUT2D eigenvalue weighted by Gasteiger charge is -2.32. The number of carbonyl (C=O) groups is 1. The number of carboxylic acid groups (broad SMARTS) is 1. The fourth-order valence-corrected chi connectivity index (χ4v) is 3.87. The summed E-state index contributed by atoms with van der Waals surface area (Å²) in [5.41, 5.74) is -0.183. The summed E-state index contributed by atoms with van der Waals surface area (Å²) in [6, 6.07) is 5.94. The Labute approximate surface area is 186 Å². The number of aryl methyl sites for hydroxylation is 1. The number of aromatic nitrogens is 5. The van der Waals surface area contributed by atoms with Gasteiger partial charge in [0.05, 0.1) is 17.8 Å². The van der Waals surface area contributed by atoms with Crippen LogP contribution < -0.4 is 5.32 Å². The zero-order valence-electron chi connectivity index (χ0n) is 17.5. The first-order chi connectivity index (χ1) is 15.5. The van der Waals surface area contributed by atoms with E-state index in [1.807, 2.05) is 0 Å². The van der Waals surface area contributed by atoms with Crippen molar-refractivity contribution in [3.8, 4) is 5.69 Å². The molecule has 12 heteroatoms. The number of anilines is 2. The molecule has 0 aliphatic heterocycles. The number of nitrogens with zero attached hydrogens (tertiary/aromatic N) is 5. The number of halogens is 3. The first-order valence-electron chi connectivity index (χ1n) is 10.2. The molecule has 3 N–H and O–H groups in total. The molecule has 4 rings (SSSR count). The van der Waals surface area contributed by atoms with Crippen LogP contribution in [0.5, 0.6) is 0 Å². The molecular formula is C21H21F3N6O3. The van der Waals surface area contributed by atoms with Crippen LogP contribution >= 0.6 is 0 Å². The van der Waals surface area contributed by atoms with Crippen molar-refractivity contribution in [3.63, 3.8) is 0 Å². The zero-order chi connectivity index (χ0) is 23.8. The Bertz CT molecular complexity index is 1170. The largest absolute Gasteiger partial charge is 0.481 e. The lowest BCUT2D eigenvalue weighted by Crippen LogP contribution is -2.34. The van der Waals surface area contributed by atoms with Crippen molar-refractivity contribution in [2.75, 3.05) is 5.32 Å². The van der Waals surface area contributed by atoms with Crippen LogP contribution in [0.4, 0.5) is 24.8 Å². The second-order valence-electron chi connectivity index (χ2n) is 8.14. The van der Waals surface area contributed by atoms with Gasteiger partial charge in [-0.15, -0.1) is 5.10 Å². The molecule has 1 aliphatic carbocycles. The maximum atomic E-state index is 12.9. The first-order valence-corrected chi connectivity index (χ1v) is 10.2. The number of nitrogens with one attached hydrogen (secondary N) is 1. The van der Waals surface area contributed by atoms with Crippen molar-refractivity contribution >= 4 is 17.6 Å². The Hall–Kier alpha value is -3.54. The fraction of sp³-hybridized carbons (Fsp3) is 0.381. The van der Waals surface area contributed by atoms with Gasteiger partial charge in [0, 0.05) is 11.9 Å². The normalized spacial score (nSPS) is 21.1. The van der Waals surface area contributed by atoms with E-state index >= 15 is 0 Å². The van der Waals surface area contributed by atoms with Crippen molar-refractivity contribution in [2.45, 2.75) is 44.4 Å². The monoisotopic (exact) mass is 462 g/mol. The number of rotatable bonds is 5. The summed E-state index contributed by atoms with van der Waals surface area (Å²) in [7, 11) is 0. The minimum absolute atomic E-state index is 0.204. The van der Waals surface area contributed by atoms with Crippen molar-refractivity contribution in [3.05, 3.63) is 53.6 Å². The van der Waals surface area contributed by atoms with Gasteiger partial charge in [-0.1, -0.05) is 5.21 Å². The van der Waals surface area contributed by atoms with Crippen molar-refractivity contribution in [1.82, 2.24) is 25.0 Å². The molecule has 3 aromatic rings. The lowest BCUT2D eigenvalue weighted by molar-refractivity contribution is -0.145. The van der Waals surface area contributed by atoms with Crippen molar-refractivity contribution < 1.29 is 28.2 Å². The highest BCUT2D eigenvalue weighted by Gasteiger charge is 2.39. The third-order valence-corrected chi connectivity index (χ3v) is 5.66. The SMILES string of the molecule is Cc1cc(Nc2nccc(C(F)(F)F)n2)cc(-n2cc([C@]3(O)CC[C@H](C(=O)O)CC3)nn2)c1. The molecule has 0 amide bonds. The van der Waals surface area contributed by atoms with Crippen LogP contribution in [0.1, 0.15) is 42.6 Å². The summed E-state index contributed by atoms with van der Waals surface area (Å²) in [6.45, 7) is 1.81. The maximum Gasteiger partial charge on any atom is 0.433 e. The molecule has 2 aromatic heterocycles.